The van der Waals surface area contributed by atoms with E-state index in [0.717, 1.165) is 38.5 Å². The number of nitrogens with one attached hydrogen (secondary N) is 1. The Balaban J connectivity index is 1.30. The van der Waals surface area contributed by atoms with Gasteiger partial charge in [0.15, 0.2) is 0 Å². The number of aromatic nitrogens is 4. The summed E-state index contributed by atoms with van der Waals surface area (Å²) in [6.07, 6.45) is 10.6. The van der Waals surface area contributed by atoms with Crippen molar-refractivity contribution in [2.75, 3.05) is 32.6 Å². The molecule has 1 aromatic rings. The number of nitrogen functional groups attached to an aromatic ring is 1. The fourth-order valence-corrected chi connectivity index (χ4v) is 12.6. The molecule has 2 heterocycles. The van der Waals surface area contributed by atoms with Crippen molar-refractivity contribution >= 4 is 11.9 Å². The number of carboxylic acid groups (broad SMARTS) is 1. The Morgan fingerprint density at radius 3 is 2.49 bits per heavy atom. The fraction of sp³-hybridized carbons (Fsp3) is 0.892. The van der Waals surface area contributed by atoms with Gasteiger partial charge in [-0.2, -0.15) is 4.80 Å². The zero-order chi connectivity index (χ0) is 33.7. The molecule has 10 heteroatoms. The van der Waals surface area contributed by atoms with E-state index in [2.05, 4.69) is 75.3 Å². The van der Waals surface area contributed by atoms with Crippen LogP contribution in [0.25, 0.3) is 0 Å². The molecule has 1 aliphatic heterocycles. The monoisotopic (exact) mass is 652 g/mol. The second-order valence-corrected chi connectivity index (χ2v) is 18.1. The highest BCUT2D eigenvalue weighted by molar-refractivity contribution is 5.73. The first-order valence-electron chi connectivity index (χ1n) is 18.5. The van der Waals surface area contributed by atoms with Crippen molar-refractivity contribution in [2.24, 2.45) is 62.6 Å². The van der Waals surface area contributed by atoms with Crippen molar-refractivity contribution in [3.05, 3.63) is 11.6 Å². The molecule has 0 unspecified atom stereocenters. The van der Waals surface area contributed by atoms with E-state index in [1.165, 1.54) is 18.4 Å². The largest absolute Gasteiger partial charge is 0.481 e. The predicted octanol–water partition coefficient (Wildman–Crippen LogP) is 5.77. The van der Waals surface area contributed by atoms with Crippen molar-refractivity contribution < 1.29 is 19.4 Å². The van der Waals surface area contributed by atoms with Gasteiger partial charge in [0, 0.05) is 16.9 Å². The van der Waals surface area contributed by atoms with Crippen LogP contribution >= 0.6 is 0 Å². The van der Waals surface area contributed by atoms with Gasteiger partial charge < -0.3 is 25.6 Å². The van der Waals surface area contributed by atoms with Gasteiger partial charge in [-0.15, -0.1) is 5.10 Å². The van der Waals surface area contributed by atoms with E-state index in [1.54, 1.807) is 4.80 Å². The van der Waals surface area contributed by atoms with Gasteiger partial charge in [-0.3, -0.25) is 4.79 Å². The zero-order valence-electron chi connectivity index (χ0n) is 30.1. The van der Waals surface area contributed by atoms with Crippen LogP contribution in [-0.2, 0) is 14.3 Å². The number of hydrogen-bond donors (Lipinski definition) is 3. The minimum absolute atomic E-state index is 0.129. The first-order chi connectivity index (χ1) is 22.2. The SMILES string of the molecule is CN[C@@H](CO[C@H]1[C@H](n2nnc(N)n2)C[C@@]23COC[C@]1(C)[C@@H]2CC[C@H]1C3=CC[C@@]2(C)[C@H](C(=O)O)[C@@](C)([C@H](C)C(C)C)CC[C@]12C)C1CC1. The topological polar surface area (TPSA) is 137 Å². The molecule has 12 atom stereocenters. The highest BCUT2D eigenvalue weighted by atomic mass is 16.5. The van der Waals surface area contributed by atoms with Gasteiger partial charge in [0.25, 0.3) is 5.95 Å². The number of allylic oxidation sites excluding steroid dienone is 1. The van der Waals surface area contributed by atoms with E-state index < -0.39 is 11.9 Å². The summed E-state index contributed by atoms with van der Waals surface area (Å²) in [5.41, 5.74) is 6.39. The fourth-order valence-electron chi connectivity index (χ4n) is 12.6. The average Bonchev–Trinajstić information content (AvgIpc) is 3.77. The molecule has 0 spiro atoms. The quantitative estimate of drug-likeness (QED) is 0.284. The van der Waals surface area contributed by atoms with Gasteiger partial charge >= 0.3 is 5.97 Å². The Bertz CT molecular complexity index is 1410. The number of hydrogen-bond acceptors (Lipinski definition) is 8. The van der Waals surface area contributed by atoms with Gasteiger partial charge in [-0.05, 0) is 109 Å². The summed E-state index contributed by atoms with van der Waals surface area (Å²) in [7, 11) is 2.04. The Morgan fingerprint density at radius 2 is 1.87 bits per heavy atom. The highest BCUT2D eigenvalue weighted by Crippen LogP contribution is 2.75. The Kier molecular flexibility index (Phi) is 8.00. The molecule has 1 aromatic heterocycles. The van der Waals surface area contributed by atoms with Crippen LogP contribution in [0.3, 0.4) is 0 Å². The molecule has 262 valence electrons. The number of nitrogens with two attached hydrogens (primary N) is 1. The molecular weight excluding hydrogens is 592 g/mol. The highest BCUT2D eigenvalue weighted by Gasteiger charge is 2.72. The van der Waals surface area contributed by atoms with Gasteiger partial charge in [0.2, 0.25) is 0 Å². The molecule has 10 nitrogen and oxygen atoms in total. The molecule has 1 saturated heterocycles. The number of aliphatic carboxylic acids is 1. The maximum Gasteiger partial charge on any atom is 0.307 e. The normalized spacial score (nSPS) is 45.7. The van der Waals surface area contributed by atoms with Gasteiger partial charge in [0.1, 0.15) is 6.04 Å². The first kappa shape index (κ1) is 33.5. The third-order valence-corrected chi connectivity index (χ3v) is 15.8. The molecule has 0 radical (unpaired) electrons. The third-order valence-electron chi connectivity index (χ3n) is 15.8. The van der Waals surface area contributed by atoms with Crippen molar-refractivity contribution in [1.82, 2.24) is 25.5 Å². The lowest BCUT2D eigenvalue weighted by Crippen LogP contribution is -2.69. The van der Waals surface area contributed by atoms with Gasteiger partial charge in [-0.25, -0.2) is 0 Å². The van der Waals surface area contributed by atoms with Crippen molar-refractivity contribution in [3.63, 3.8) is 0 Å². The van der Waals surface area contributed by atoms with E-state index in [1.807, 2.05) is 7.05 Å². The standard InChI is InChI=1S/C37H60N6O4/c1-21(2)22(3)33(4)15-16-35(6)24-11-12-28-34(5)19-46-20-37(28,25(24)13-14-36(35,7)29(33)31(44)45)17-27(43-41-32(38)40-42-43)30(34)47-18-26(39-8)23-9-10-23/h13,21-24,26-30,39H,9-12,14-20H2,1-8H3,(H2,38,41)(H,44,45)/t22-,24+,26+,27-,28+,29-,30+,33-,34-,35-,36+,37+/m1/s1. The summed E-state index contributed by atoms with van der Waals surface area (Å²) in [6.45, 7) is 18.2. The molecule has 7 rings (SSSR count). The van der Waals surface area contributed by atoms with Crippen LogP contribution in [0, 0.1) is 62.6 Å². The van der Waals surface area contributed by atoms with Crippen molar-refractivity contribution in [2.45, 2.75) is 118 Å². The molecule has 2 bridgehead atoms. The molecule has 4 saturated carbocycles. The number of carboxylic acids is 1. The maximum absolute atomic E-state index is 13.4. The number of ether oxygens (including phenoxy) is 2. The van der Waals surface area contributed by atoms with E-state index in [0.29, 0.717) is 55.5 Å². The minimum Gasteiger partial charge on any atom is -0.481 e. The second-order valence-electron chi connectivity index (χ2n) is 18.1. The number of anilines is 1. The number of fused-ring (bicyclic) bond motifs is 3. The molecule has 5 fully saturated rings. The minimum atomic E-state index is -0.621. The van der Waals surface area contributed by atoms with Crippen LogP contribution in [0.5, 0.6) is 0 Å². The molecule has 6 aliphatic rings. The zero-order valence-corrected chi connectivity index (χ0v) is 30.1. The first-order valence-corrected chi connectivity index (χ1v) is 18.5. The third kappa shape index (κ3) is 4.65. The summed E-state index contributed by atoms with van der Waals surface area (Å²) >= 11 is 0. The molecule has 47 heavy (non-hydrogen) atoms. The van der Waals surface area contributed by atoms with E-state index in [4.69, 9.17) is 15.2 Å². The van der Waals surface area contributed by atoms with Crippen LogP contribution in [0.1, 0.15) is 106 Å². The lowest BCUT2D eigenvalue weighted by molar-refractivity contribution is -0.252. The summed E-state index contributed by atoms with van der Waals surface area (Å²) in [6, 6.07) is 0.201. The average molecular weight is 653 g/mol. The van der Waals surface area contributed by atoms with Gasteiger partial charge in [0.05, 0.1) is 31.8 Å². The van der Waals surface area contributed by atoms with Crippen molar-refractivity contribution in [3.8, 4) is 0 Å². The number of tetrazole rings is 1. The van der Waals surface area contributed by atoms with Crippen LogP contribution in [0.15, 0.2) is 11.6 Å². The Labute approximate surface area is 281 Å². The second kappa shape index (κ2) is 11.2. The Morgan fingerprint density at radius 1 is 1.13 bits per heavy atom. The van der Waals surface area contributed by atoms with Crippen LogP contribution in [-0.4, -0.2) is 70.3 Å². The lowest BCUT2D eigenvalue weighted by atomic mass is 9.34. The van der Waals surface area contributed by atoms with Gasteiger partial charge in [-0.1, -0.05) is 65.2 Å². The van der Waals surface area contributed by atoms with Crippen molar-refractivity contribution in [1.29, 1.82) is 0 Å². The predicted molar refractivity (Wildman–Crippen MR) is 180 cm³/mol. The smallest absolute Gasteiger partial charge is 0.307 e. The molecular formula is C37H60N6O4. The number of carbonyl (C=O) groups is 1. The maximum atomic E-state index is 13.4. The van der Waals surface area contributed by atoms with Crippen LogP contribution < -0.4 is 11.1 Å². The summed E-state index contributed by atoms with van der Waals surface area (Å²) < 4.78 is 13.7. The number of nitrogens with zero attached hydrogens (tertiary/aromatic N) is 4. The van der Waals surface area contributed by atoms with E-state index in [-0.39, 0.29) is 45.2 Å². The summed E-state index contributed by atoms with van der Waals surface area (Å²) in [5.74, 6) is 1.27. The number of rotatable bonds is 9. The molecule has 5 aliphatic carbocycles. The van der Waals surface area contributed by atoms with E-state index in [9.17, 15) is 9.90 Å². The van der Waals surface area contributed by atoms with E-state index >= 15 is 0 Å². The lowest BCUT2D eigenvalue weighted by Gasteiger charge is -2.71. The Hall–Kier alpha value is -2.04. The number of likely N-dealkylation sites (N-methyl/N-ethyl adjacent to an activating group) is 1. The molecule has 0 amide bonds. The summed E-state index contributed by atoms with van der Waals surface area (Å²) in [4.78, 5) is 15.2. The molecule has 0 aromatic carbocycles. The van der Waals surface area contributed by atoms with Crippen LogP contribution in [0.4, 0.5) is 5.95 Å². The van der Waals surface area contributed by atoms with Crippen LogP contribution in [0.2, 0.25) is 0 Å². The summed E-state index contributed by atoms with van der Waals surface area (Å²) in [5, 5.41) is 27.7. The molecule has 4 N–H and O–H groups in total.